The molecule has 0 atom stereocenters. The van der Waals surface area contributed by atoms with Crippen molar-refractivity contribution in [2.24, 2.45) is 0 Å². The number of rotatable bonds is 0. The number of aliphatic hydroxyl groups excluding tert-OH is 1. The third-order valence-corrected chi connectivity index (χ3v) is 0. The molecule has 0 amide bonds. The van der Waals surface area contributed by atoms with E-state index in [0.717, 1.165) is 0 Å². The molecule has 0 aromatic heterocycles. The minimum absolute atomic E-state index is 0. The summed E-state index contributed by atoms with van der Waals surface area (Å²) in [7, 11) is 0. The summed E-state index contributed by atoms with van der Waals surface area (Å²) in [5, 5.41) is 6.76. The molecule has 0 radical (unpaired) electrons. The average Bonchev–Trinajstić information content (AvgIpc) is 1.46. The van der Waals surface area contributed by atoms with Crippen LogP contribution in [-0.4, -0.2) is 11.6 Å². The van der Waals surface area contributed by atoms with Gasteiger partial charge in [0.15, 0.2) is 0 Å². The van der Waals surface area contributed by atoms with Crippen molar-refractivity contribution in [3.63, 3.8) is 0 Å². The van der Waals surface area contributed by atoms with Gasteiger partial charge in [-0.05, 0) is 0 Å². The smallest absolute Gasteiger partial charge is 0.665 e. The van der Waals surface area contributed by atoms with Gasteiger partial charge in [-0.15, -0.1) is 0 Å². The van der Waals surface area contributed by atoms with Crippen LogP contribution in [0.4, 0.5) is 0 Å². The van der Waals surface area contributed by atoms with E-state index in [2.05, 4.69) is 21.8 Å². The van der Waals surface area contributed by atoms with Gasteiger partial charge >= 0.3 is 21.1 Å². The second-order valence-electron chi connectivity index (χ2n) is 0.0913. The normalized spacial score (nSPS) is 3.00. The number of hydrogen-bond donors (Lipinski definition) is 1. The van der Waals surface area contributed by atoms with E-state index in [1.807, 2.05) is 0 Å². The van der Waals surface area contributed by atoms with Gasteiger partial charge in [-0.1, -0.05) is 6.47 Å². The van der Waals surface area contributed by atoms with Gasteiger partial charge in [0.2, 0.25) is 0 Å². The molecule has 0 unspecified atom stereocenters. The van der Waals surface area contributed by atoms with E-state index in [4.69, 9.17) is 9.90 Å². The van der Waals surface area contributed by atoms with E-state index < -0.39 is 0 Å². The van der Waals surface area contributed by atoms with Crippen LogP contribution < -0.4 is 0 Å². The van der Waals surface area contributed by atoms with Gasteiger partial charge in [0.05, 0.1) is 0 Å². The molecule has 0 aromatic carbocycles. The second kappa shape index (κ2) is 45.2. The van der Waals surface area contributed by atoms with Crippen LogP contribution in [0.15, 0.2) is 0 Å². The van der Waals surface area contributed by atoms with Crippen LogP contribution in [0.25, 0.3) is 0 Å². The molecule has 0 rings (SSSR count). The summed E-state index contributed by atoms with van der Waals surface area (Å²) >= 11 is 2.69. The van der Waals surface area contributed by atoms with Crippen LogP contribution in [-0.2, 0) is 25.9 Å². The summed E-state index contributed by atoms with van der Waals surface area (Å²) < 4.78 is 0. The van der Waals surface area contributed by atoms with Gasteiger partial charge in [0.1, 0.15) is 0 Å². The van der Waals surface area contributed by atoms with Crippen molar-refractivity contribution in [1.29, 1.82) is 0 Å². The van der Waals surface area contributed by atoms with Crippen LogP contribution in [0.1, 0.15) is 0 Å². The van der Waals surface area contributed by atoms with Crippen LogP contribution in [0.5, 0.6) is 0 Å². The minimum atomic E-state index is 0. The standard InChI is InChI=1S/CH2Br.CHO2.W/c1-2;2-1-3;/h1H2;(H,2,3);/q2*-1;+2. The third kappa shape index (κ3) is 151. The summed E-state index contributed by atoms with van der Waals surface area (Å²) in [5.41, 5.74) is 0. The average molecular weight is 323 g/mol. The summed E-state index contributed by atoms with van der Waals surface area (Å²) in [5.74, 6) is 3.06. The summed E-state index contributed by atoms with van der Waals surface area (Å²) in [6.07, 6.45) is 0. The van der Waals surface area contributed by atoms with Gasteiger partial charge in [0, 0.05) is 0 Å². The van der Waals surface area contributed by atoms with Gasteiger partial charge in [0.25, 0.3) is 0 Å². The molecule has 0 spiro atoms. The van der Waals surface area contributed by atoms with Crippen molar-refractivity contribution in [1.82, 2.24) is 0 Å². The Morgan fingerprint density at radius 2 is 1.67 bits per heavy atom. The molecule has 0 fully saturated rings. The Morgan fingerprint density at radius 1 is 1.67 bits per heavy atom. The largest absolute Gasteiger partial charge is 2.00 e. The molecule has 0 saturated carbocycles. The van der Waals surface area contributed by atoms with E-state index >= 15 is 0 Å². The predicted molar refractivity (Wildman–Crippen MR) is 22.6 cm³/mol. The van der Waals surface area contributed by atoms with E-state index in [0.29, 0.717) is 6.47 Å². The Labute approximate surface area is 59.3 Å². The van der Waals surface area contributed by atoms with Crippen molar-refractivity contribution in [2.45, 2.75) is 0 Å². The molecule has 0 aromatic rings. The van der Waals surface area contributed by atoms with E-state index in [1.165, 1.54) is 0 Å². The maximum atomic E-state index is 8.24. The molecule has 0 heterocycles. The molecule has 36 valence electrons. The predicted octanol–water partition coefficient (Wildman–Crippen LogP) is 0.782. The van der Waals surface area contributed by atoms with Gasteiger partial charge in [-0.3, -0.25) is 5.83 Å². The van der Waals surface area contributed by atoms with Crippen LogP contribution in [0.2, 0.25) is 0 Å². The molecule has 0 aliphatic carbocycles. The Bertz CT molecular complexity index is 19.0. The number of halogens is 1. The van der Waals surface area contributed by atoms with Crippen LogP contribution >= 0.6 is 15.9 Å². The molecule has 0 saturated heterocycles. The molecule has 6 heavy (non-hydrogen) atoms. The molecular formula is C2H3BrO2W. The Kier molecular flexibility index (Phi) is 120. The van der Waals surface area contributed by atoms with Crippen molar-refractivity contribution < 1.29 is 31.0 Å². The fourth-order valence-corrected chi connectivity index (χ4v) is 0. The maximum absolute atomic E-state index is 8.24. The Morgan fingerprint density at radius 3 is 1.67 bits per heavy atom. The van der Waals surface area contributed by atoms with Gasteiger partial charge in [-0.25, -0.2) is 0 Å². The summed E-state index contributed by atoms with van der Waals surface area (Å²) in [4.78, 5) is 8.24. The first-order valence-electron chi connectivity index (χ1n) is 0.695. The molecular weight excluding hydrogens is 320 g/mol. The molecule has 0 bridgehead atoms. The molecule has 4 heteroatoms. The zero-order valence-corrected chi connectivity index (χ0v) is 7.37. The van der Waals surface area contributed by atoms with E-state index in [9.17, 15) is 0 Å². The number of hydrogen-bond acceptors (Lipinski definition) is 1. The van der Waals surface area contributed by atoms with Gasteiger partial charge in [-0.2, -0.15) is 0 Å². The molecule has 1 N–H and O–H groups in total. The topological polar surface area (TPSA) is 37.3 Å². The van der Waals surface area contributed by atoms with Crippen molar-refractivity contribution in [2.75, 3.05) is 0 Å². The van der Waals surface area contributed by atoms with Crippen LogP contribution in [0.3, 0.4) is 0 Å². The Balaban J connectivity index is -0.0000000275. The van der Waals surface area contributed by atoms with Crippen LogP contribution in [0, 0.1) is 5.83 Å². The quantitative estimate of drug-likeness (QED) is 0.669. The summed E-state index contributed by atoms with van der Waals surface area (Å²) in [6, 6.07) is 0. The fraction of sp³-hybridized carbons (Fsp3) is 0. The Hall–Kier alpha value is 0.638. The van der Waals surface area contributed by atoms with Crippen molar-refractivity contribution in [3.8, 4) is 0 Å². The fourth-order valence-electron chi connectivity index (χ4n) is 0. The first-order valence-corrected chi connectivity index (χ1v) is 1.82. The monoisotopic (exact) mass is 322 g/mol. The van der Waals surface area contributed by atoms with E-state index in [-0.39, 0.29) is 21.1 Å². The second-order valence-corrected chi connectivity index (χ2v) is 0.0913. The summed E-state index contributed by atoms with van der Waals surface area (Å²) in [6.45, 7) is 0.500. The molecule has 0 aliphatic rings. The third-order valence-electron chi connectivity index (χ3n) is 0. The van der Waals surface area contributed by atoms with Gasteiger partial charge < -0.3 is 25.8 Å². The van der Waals surface area contributed by atoms with Crippen molar-refractivity contribution in [3.05, 3.63) is 5.83 Å². The molecule has 0 aliphatic heterocycles. The molecule has 2 nitrogen and oxygen atoms in total. The zero-order chi connectivity index (χ0) is 4.71. The van der Waals surface area contributed by atoms with Crippen molar-refractivity contribution >= 4 is 22.4 Å². The first-order chi connectivity index (χ1) is 2.41. The SMILES string of the molecule is O=[C-]O.[CH2-]Br.[W+2]. The minimum Gasteiger partial charge on any atom is -0.665 e. The first kappa shape index (κ1) is 15.9. The maximum Gasteiger partial charge on any atom is 2.00 e. The van der Waals surface area contributed by atoms with E-state index in [1.54, 1.807) is 0 Å². The zero-order valence-electron chi connectivity index (χ0n) is 2.85.